The van der Waals surface area contributed by atoms with Crippen LogP contribution in [0.4, 0.5) is 11.6 Å². The molecule has 0 saturated carbocycles. The zero-order chi connectivity index (χ0) is 22.7. The lowest BCUT2D eigenvalue weighted by molar-refractivity contribution is 0.668. The zero-order valence-corrected chi connectivity index (χ0v) is 20.1. The Balaban J connectivity index is 1.36. The summed E-state index contributed by atoms with van der Waals surface area (Å²) < 4.78 is 3.66. The number of aromatic nitrogens is 4. The number of rotatable bonds is 6. The SMILES string of the molecule is Cc1cc(NC(=S)Nc2ccn(Cc3ccccc3Cl)n2)nn1Cc1ccc(Cl)c(Cl)c1. The normalized spacial score (nSPS) is 10.9. The first-order chi connectivity index (χ1) is 15.4. The minimum Gasteiger partial charge on any atom is -0.316 e. The fourth-order valence-electron chi connectivity index (χ4n) is 3.12. The lowest BCUT2D eigenvalue weighted by Gasteiger charge is -2.07. The Hall–Kier alpha value is -2.58. The molecule has 4 aromatic rings. The molecule has 164 valence electrons. The van der Waals surface area contributed by atoms with Crippen molar-refractivity contribution >= 4 is 63.8 Å². The molecule has 0 unspecified atom stereocenters. The third kappa shape index (κ3) is 5.61. The summed E-state index contributed by atoms with van der Waals surface area (Å²) in [4.78, 5) is 0. The van der Waals surface area contributed by atoms with Crippen LogP contribution in [0.25, 0.3) is 0 Å². The molecule has 10 heteroatoms. The van der Waals surface area contributed by atoms with Crippen LogP contribution in [0.2, 0.25) is 15.1 Å². The standard InChI is InChI=1S/C22H19Cl3N6S/c1-14-10-21(29-31(14)12-15-6-7-18(24)19(25)11-15)27-22(32)26-20-8-9-30(28-20)13-16-4-2-3-5-17(16)23/h2-11H,12-13H2,1H3,(H2,26,27,28,29,32). The summed E-state index contributed by atoms with van der Waals surface area (Å²) in [5.74, 6) is 1.26. The molecule has 2 N–H and O–H groups in total. The molecule has 0 spiro atoms. The molecule has 0 fully saturated rings. The Bertz CT molecular complexity index is 1270. The number of thiocarbonyl (C=S) groups is 1. The van der Waals surface area contributed by atoms with Crippen molar-refractivity contribution in [3.8, 4) is 0 Å². The molecular weight excluding hydrogens is 487 g/mol. The molecule has 0 bridgehead atoms. The highest BCUT2D eigenvalue weighted by Crippen LogP contribution is 2.23. The molecule has 0 aliphatic heterocycles. The molecule has 6 nitrogen and oxygen atoms in total. The third-order valence-corrected chi connectivity index (χ3v) is 6.02. The summed E-state index contributed by atoms with van der Waals surface area (Å²) in [6.07, 6.45) is 1.87. The van der Waals surface area contributed by atoms with Crippen molar-refractivity contribution in [1.82, 2.24) is 19.6 Å². The Labute approximate surface area is 206 Å². The van der Waals surface area contributed by atoms with Gasteiger partial charge in [-0.3, -0.25) is 9.36 Å². The fourth-order valence-corrected chi connectivity index (χ4v) is 3.85. The number of anilines is 2. The first kappa shape index (κ1) is 22.6. The maximum Gasteiger partial charge on any atom is 0.177 e. The van der Waals surface area contributed by atoms with Crippen LogP contribution in [0.15, 0.2) is 60.8 Å². The van der Waals surface area contributed by atoms with E-state index in [1.54, 1.807) is 10.7 Å². The molecule has 0 amide bonds. The fraction of sp³-hybridized carbons (Fsp3) is 0.136. The molecule has 0 radical (unpaired) electrons. The van der Waals surface area contributed by atoms with Gasteiger partial charge in [-0.05, 0) is 48.5 Å². The maximum atomic E-state index is 6.23. The van der Waals surface area contributed by atoms with E-state index in [9.17, 15) is 0 Å². The van der Waals surface area contributed by atoms with E-state index in [-0.39, 0.29) is 0 Å². The van der Waals surface area contributed by atoms with Gasteiger partial charge in [-0.2, -0.15) is 10.2 Å². The van der Waals surface area contributed by atoms with Crippen molar-refractivity contribution < 1.29 is 0 Å². The van der Waals surface area contributed by atoms with Crippen LogP contribution >= 0.6 is 47.0 Å². The largest absolute Gasteiger partial charge is 0.316 e. The van der Waals surface area contributed by atoms with Crippen molar-refractivity contribution in [3.05, 3.63) is 92.7 Å². The molecule has 32 heavy (non-hydrogen) atoms. The van der Waals surface area contributed by atoms with Gasteiger partial charge in [0, 0.05) is 29.0 Å². The molecular formula is C22H19Cl3N6S. The zero-order valence-electron chi connectivity index (χ0n) is 17.0. The molecule has 0 aliphatic carbocycles. The molecule has 2 heterocycles. The third-order valence-electron chi connectivity index (χ3n) is 4.71. The highest BCUT2D eigenvalue weighted by Gasteiger charge is 2.09. The lowest BCUT2D eigenvalue weighted by Crippen LogP contribution is -2.20. The van der Waals surface area contributed by atoms with Crippen molar-refractivity contribution in [2.75, 3.05) is 10.6 Å². The number of aryl methyl sites for hydroxylation is 1. The summed E-state index contributed by atoms with van der Waals surface area (Å²) in [7, 11) is 0. The quantitative estimate of drug-likeness (QED) is 0.303. The van der Waals surface area contributed by atoms with Gasteiger partial charge in [0.25, 0.3) is 0 Å². The van der Waals surface area contributed by atoms with Crippen LogP contribution in [0.3, 0.4) is 0 Å². The van der Waals surface area contributed by atoms with E-state index < -0.39 is 0 Å². The van der Waals surface area contributed by atoms with E-state index in [4.69, 9.17) is 47.0 Å². The van der Waals surface area contributed by atoms with Crippen LogP contribution in [-0.2, 0) is 13.1 Å². The Kier molecular flexibility index (Phi) is 7.01. The Morgan fingerprint density at radius 3 is 2.44 bits per heavy atom. The van der Waals surface area contributed by atoms with Gasteiger partial charge in [-0.15, -0.1) is 0 Å². The van der Waals surface area contributed by atoms with Crippen LogP contribution in [0.1, 0.15) is 16.8 Å². The number of benzene rings is 2. The van der Waals surface area contributed by atoms with Crippen molar-refractivity contribution in [2.24, 2.45) is 0 Å². The second-order valence-electron chi connectivity index (χ2n) is 7.15. The minimum atomic E-state index is 0.396. The van der Waals surface area contributed by atoms with E-state index in [1.807, 2.05) is 66.3 Å². The van der Waals surface area contributed by atoms with Gasteiger partial charge >= 0.3 is 0 Å². The van der Waals surface area contributed by atoms with E-state index >= 15 is 0 Å². The first-order valence-corrected chi connectivity index (χ1v) is 11.2. The highest BCUT2D eigenvalue weighted by molar-refractivity contribution is 7.80. The summed E-state index contributed by atoms with van der Waals surface area (Å²) in [6.45, 7) is 3.11. The van der Waals surface area contributed by atoms with Gasteiger partial charge in [0.1, 0.15) is 0 Å². The van der Waals surface area contributed by atoms with Gasteiger partial charge < -0.3 is 10.6 Å². The monoisotopic (exact) mass is 504 g/mol. The van der Waals surface area contributed by atoms with E-state index in [2.05, 4.69) is 20.8 Å². The average molecular weight is 506 g/mol. The smallest absolute Gasteiger partial charge is 0.177 e. The van der Waals surface area contributed by atoms with Gasteiger partial charge in [0.15, 0.2) is 16.7 Å². The lowest BCUT2D eigenvalue weighted by atomic mass is 10.2. The summed E-state index contributed by atoms with van der Waals surface area (Å²) in [6, 6.07) is 17.0. The predicted octanol–water partition coefficient (Wildman–Crippen LogP) is 6.25. The van der Waals surface area contributed by atoms with Crippen molar-refractivity contribution in [1.29, 1.82) is 0 Å². The van der Waals surface area contributed by atoms with Crippen LogP contribution in [0, 0.1) is 6.92 Å². The molecule has 2 aromatic carbocycles. The van der Waals surface area contributed by atoms with Gasteiger partial charge in [-0.1, -0.05) is 59.1 Å². The second kappa shape index (κ2) is 9.92. The van der Waals surface area contributed by atoms with E-state index in [0.29, 0.717) is 44.9 Å². The summed E-state index contributed by atoms with van der Waals surface area (Å²) >= 11 is 23.8. The van der Waals surface area contributed by atoms with Crippen LogP contribution in [0.5, 0.6) is 0 Å². The summed E-state index contributed by atoms with van der Waals surface area (Å²) in [5, 5.41) is 17.4. The molecule has 2 aromatic heterocycles. The highest BCUT2D eigenvalue weighted by atomic mass is 35.5. The minimum absolute atomic E-state index is 0.396. The second-order valence-corrected chi connectivity index (χ2v) is 8.78. The Morgan fingerprint density at radius 2 is 1.66 bits per heavy atom. The van der Waals surface area contributed by atoms with Crippen molar-refractivity contribution in [3.63, 3.8) is 0 Å². The predicted molar refractivity (Wildman–Crippen MR) is 135 cm³/mol. The van der Waals surface area contributed by atoms with Crippen LogP contribution in [-0.4, -0.2) is 24.7 Å². The average Bonchev–Trinajstić information content (AvgIpc) is 3.32. The number of nitrogens with zero attached hydrogens (tertiary/aromatic N) is 4. The van der Waals surface area contributed by atoms with Gasteiger partial charge in [-0.25, -0.2) is 0 Å². The molecule has 4 rings (SSSR count). The molecule has 0 saturated heterocycles. The van der Waals surface area contributed by atoms with E-state index in [0.717, 1.165) is 16.8 Å². The number of nitrogens with one attached hydrogen (secondary N) is 2. The maximum absolute atomic E-state index is 6.23. The molecule has 0 aliphatic rings. The van der Waals surface area contributed by atoms with Crippen LogP contribution < -0.4 is 10.6 Å². The van der Waals surface area contributed by atoms with Crippen molar-refractivity contribution in [2.45, 2.75) is 20.0 Å². The van der Waals surface area contributed by atoms with E-state index in [1.165, 1.54) is 0 Å². The Morgan fingerprint density at radius 1 is 0.875 bits per heavy atom. The van der Waals surface area contributed by atoms with Gasteiger partial charge in [0.2, 0.25) is 0 Å². The number of halogens is 3. The number of hydrogen-bond donors (Lipinski definition) is 2. The molecule has 0 atom stereocenters. The topological polar surface area (TPSA) is 59.7 Å². The summed E-state index contributed by atoms with van der Waals surface area (Å²) in [5.41, 5.74) is 2.97. The number of hydrogen-bond acceptors (Lipinski definition) is 3. The first-order valence-electron chi connectivity index (χ1n) is 9.70. The van der Waals surface area contributed by atoms with Gasteiger partial charge in [0.05, 0.1) is 23.1 Å².